The van der Waals surface area contributed by atoms with E-state index in [2.05, 4.69) is 5.32 Å². The highest BCUT2D eigenvalue weighted by molar-refractivity contribution is 7.89. The average molecular weight is 376 g/mol. The van der Waals surface area contributed by atoms with Crippen LogP contribution in [-0.4, -0.2) is 27.0 Å². The first-order valence-electron chi connectivity index (χ1n) is 8.18. The van der Waals surface area contributed by atoms with Crippen LogP contribution in [0.5, 0.6) is 11.5 Å². The molecular weight excluding hydrogens is 356 g/mol. The summed E-state index contributed by atoms with van der Waals surface area (Å²) in [7, 11) is -3.80. The number of fused-ring (bicyclic) bond motifs is 1. The third-order valence-electron chi connectivity index (χ3n) is 3.99. The normalized spacial score (nSPS) is 15.9. The highest BCUT2D eigenvalue weighted by Crippen LogP contribution is 2.38. The first kappa shape index (κ1) is 18.2. The van der Waals surface area contributed by atoms with Crippen LogP contribution in [0.1, 0.15) is 29.8 Å². The summed E-state index contributed by atoms with van der Waals surface area (Å²) in [5.41, 5.74) is 1.84. The van der Waals surface area contributed by atoms with Gasteiger partial charge in [0.1, 0.15) is 17.6 Å². The van der Waals surface area contributed by atoms with Gasteiger partial charge in [0.25, 0.3) is 5.91 Å². The second-order valence-corrected chi connectivity index (χ2v) is 7.61. The zero-order chi connectivity index (χ0) is 18.9. The number of amides is 1. The van der Waals surface area contributed by atoms with Crippen LogP contribution in [0.15, 0.2) is 41.3 Å². The maximum Gasteiger partial charge on any atom is 0.255 e. The summed E-state index contributed by atoms with van der Waals surface area (Å²) in [6, 6.07) is 9.02. The number of hydrogen-bond donors (Lipinski definition) is 2. The molecule has 2 aromatic rings. The maximum atomic E-state index is 12.5. The van der Waals surface area contributed by atoms with Crippen LogP contribution < -0.4 is 19.9 Å². The summed E-state index contributed by atoms with van der Waals surface area (Å²) in [5, 5.41) is 7.85. The van der Waals surface area contributed by atoms with Gasteiger partial charge >= 0.3 is 0 Å². The third kappa shape index (κ3) is 3.81. The Balaban J connectivity index is 1.86. The Morgan fingerprint density at radius 3 is 2.62 bits per heavy atom. The minimum atomic E-state index is -3.80. The molecule has 26 heavy (non-hydrogen) atoms. The van der Waals surface area contributed by atoms with Gasteiger partial charge in [-0.15, -0.1) is 0 Å². The van der Waals surface area contributed by atoms with E-state index < -0.39 is 15.9 Å². The van der Waals surface area contributed by atoms with Crippen LogP contribution in [0.2, 0.25) is 0 Å². The van der Waals surface area contributed by atoms with Crippen LogP contribution >= 0.6 is 0 Å². The molecule has 1 heterocycles. The zero-order valence-electron chi connectivity index (χ0n) is 14.5. The van der Waals surface area contributed by atoms with Crippen molar-refractivity contribution in [2.45, 2.75) is 31.3 Å². The summed E-state index contributed by atoms with van der Waals surface area (Å²) < 4.78 is 34.0. The topological polar surface area (TPSA) is 108 Å². The molecule has 1 aliphatic rings. The Bertz CT molecular complexity index is 939. The number of carbonyl (C=O) groups is 1. The summed E-state index contributed by atoms with van der Waals surface area (Å²) in [6.07, 6.45) is 0.870. The van der Waals surface area contributed by atoms with Crippen LogP contribution in [0.4, 0.5) is 5.69 Å². The van der Waals surface area contributed by atoms with Gasteiger partial charge in [-0.25, -0.2) is 13.6 Å². The molecule has 138 valence electrons. The molecule has 0 bridgehead atoms. The molecule has 8 heteroatoms. The van der Waals surface area contributed by atoms with Crippen molar-refractivity contribution in [2.24, 2.45) is 5.14 Å². The van der Waals surface area contributed by atoms with Crippen LogP contribution in [0.3, 0.4) is 0 Å². The van der Waals surface area contributed by atoms with E-state index in [1.165, 1.54) is 24.3 Å². The van der Waals surface area contributed by atoms with Gasteiger partial charge in [0.05, 0.1) is 17.2 Å². The van der Waals surface area contributed by atoms with Gasteiger partial charge in [-0.05, 0) is 44.2 Å². The molecule has 0 aromatic heterocycles. The van der Waals surface area contributed by atoms with E-state index in [9.17, 15) is 13.2 Å². The molecule has 1 atom stereocenters. The highest BCUT2D eigenvalue weighted by Gasteiger charge is 2.23. The average Bonchev–Trinajstić information content (AvgIpc) is 2.93. The van der Waals surface area contributed by atoms with Gasteiger partial charge in [-0.3, -0.25) is 4.79 Å². The van der Waals surface area contributed by atoms with Crippen molar-refractivity contribution in [1.29, 1.82) is 0 Å². The fraction of sp³-hybridized carbons (Fsp3) is 0.278. The SMILES string of the molecule is CCOc1cc2c(cc1NC(=O)c1ccc(S(N)(=O)=O)cc1)O[C@@H](C)C2. The molecule has 2 aromatic carbocycles. The van der Waals surface area contributed by atoms with Crippen LogP contribution in [0.25, 0.3) is 0 Å². The lowest BCUT2D eigenvalue weighted by atomic mass is 10.1. The van der Waals surface area contributed by atoms with Crippen molar-refractivity contribution in [3.05, 3.63) is 47.5 Å². The maximum absolute atomic E-state index is 12.5. The summed E-state index contributed by atoms with van der Waals surface area (Å²) in [5.74, 6) is 0.900. The lowest BCUT2D eigenvalue weighted by Crippen LogP contribution is -2.15. The number of nitrogens with one attached hydrogen (secondary N) is 1. The van der Waals surface area contributed by atoms with E-state index in [1.54, 1.807) is 6.07 Å². The predicted molar refractivity (Wildman–Crippen MR) is 97.2 cm³/mol. The van der Waals surface area contributed by atoms with Crippen LogP contribution in [0, 0.1) is 0 Å². The van der Waals surface area contributed by atoms with Crippen molar-refractivity contribution in [3.8, 4) is 11.5 Å². The smallest absolute Gasteiger partial charge is 0.255 e. The molecule has 7 nitrogen and oxygen atoms in total. The lowest BCUT2D eigenvalue weighted by molar-refractivity contribution is 0.102. The van der Waals surface area contributed by atoms with E-state index in [1.807, 2.05) is 19.9 Å². The Morgan fingerprint density at radius 1 is 1.31 bits per heavy atom. The van der Waals surface area contributed by atoms with E-state index in [4.69, 9.17) is 14.6 Å². The number of primary sulfonamides is 1. The molecule has 0 radical (unpaired) electrons. The second-order valence-electron chi connectivity index (χ2n) is 6.05. The van der Waals surface area contributed by atoms with Crippen molar-refractivity contribution >= 4 is 21.6 Å². The molecule has 1 amide bonds. The first-order chi connectivity index (χ1) is 12.3. The number of nitrogens with two attached hydrogens (primary N) is 1. The van der Waals surface area contributed by atoms with Gasteiger partial charge in [-0.2, -0.15) is 0 Å². The number of anilines is 1. The molecule has 3 rings (SSSR count). The Morgan fingerprint density at radius 2 is 2.00 bits per heavy atom. The highest BCUT2D eigenvalue weighted by atomic mass is 32.2. The van der Waals surface area contributed by atoms with Gasteiger partial charge < -0.3 is 14.8 Å². The fourth-order valence-corrected chi connectivity index (χ4v) is 3.32. The number of hydrogen-bond acceptors (Lipinski definition) is 5. The fourth-order valence-electron chi connectivity index (χ4n) is 2.80. The monoisotopic (exact) mass is 376 g/mol. The van der Waals surface area contributed by atoms with E-state index in [0.29, 0.717) is 23.6 Å². The molecule has 0 unspecified atom stereocenters. The summed E-state index contributed by atoms with van der Waals surface area (Å²) >= 11 is 0. The molecule has 0 aliphatic carbocycles. The number of benzene rings is 2. The number of carbonyl (C=O) groups excluding carboxylic acids is 1. The van der Waals surface area contributed by atoms with Gasteiger partial charge in [0.15, 0.2) is 0 Å². The van der Waals surface area contributed by atoms with Crippen molar-refractivity contribution in [2.75, 3.05) is 11.9 Å². The van der Waals surface area contributed by atoms with Gasteiger partial charge in [0, 0.05) is 23.6 Å². The standard InChI is InChI=1S/C18H20N2O5S/c1-3-24-17-9-13-8-11(2)25-16(13)10-15(17)20-18(21)12-4-6-14(7-5-12)26(19,22)23/h4-7,9-11H,3,8H2,1-2H3,(H,20,21)(H2,19,22,23)/t11-/m0/s1. The number of ether oxygens (including phenoxy) is 2. The van der Waals surface area contributed by atoms with Crippen molar-refractivity contribution in [1.82, 2.24) is 0 Å². The number of sulfonamides is 1. The quantitative estimate of drug-likeness (QED) is 0.832. The van der Waals surface area contributed by atoms with Crippen molar-refractivity contribution in [3.63, 3.8) is 0 Å². The molecule has 0 spiro atoms. The van der Waals surface area contributed by atoms with Crippen LogP contribution in [-0.2, 0) is 16.4 Å². The van der Waals surface area contributed by atoms with Gasteiger partial charge in [-0.1, -0.05) is 0 Å². The zero-order valence-corrected chi connectivity index (χ0v) is 15.3. The molecule has 0 saturated carbocycles. The predicted octanol–water partition coefficient (Wildman–Crippen LogP) is 2.31. The Hall–Kier alpha value is -2.58. The molecule has 0 saturated heterocycles. The minimum absolute atomic E-state index is 0.0519. The molecule has 3 N–H and O–H groups in total. The minimum Gasteiger partial charge on any atom is -0.492 e. The Kier molecular flexibility index (Phi) is 4.88. The third-order valence-corrected chi connectivity index (χ3v) is 4.92. The summed E-state index contributed by atoms with van der Waals surface area (Å²) in [6.45, 7) is 4.30. The molecular formula is C18H20N2O5S. The van der Waals surface area contributed by atoms with E-state index >= 15 is 0 Å². The number of rotatable bonds is 5. The van der Waals surface area contributed by atoms with E-state index in [0.717, 1.165) is 17.7 Å². The summed E-state index contributed by atoms with van der Waals surface area (Å²) in [4.78, 5) is 12.5. The molecule has 0 fully saturated rings. The first-order valence-corrected chi connectivity index (χ1v) is 9.73. The Labute approximate surface area is 152 Å². The molecule has 1 aliphatic heterocycles. The van der Waals surface area contributed by atoms with Gasteiger partial charge in [0.2, 0.25) is 10.0 Å². The van der Waals surface area contributed by atoms with Crippen molar-refractivity contribution < 1.29 is 22.7 Å². The second kappa shape index (κ2) is 6.97. The van der Waals surface area contributed by atoms with E-state index in [-0.39, 0.29) is 11.0 Å². The lowest BCUT2D eigenvalue weighted by Gasteiger charge is -2.13. The largest absolute Gasteiger partial charge is 0.492 e.